The maximum atomic E-state index is 12.6. The van der Waals surface area contributed by atoms with E-state index >= 15 is 0 Å². The molecule has 0 aliphatic rings. The number of carbonyl (C=O) groups is 1. The van der Waals surface area contributed by atoms with Gasteiger partial charge in [0.25, 0.3) is 0 Å². The van der Waals surface area contributed by atoms with Gasteiger partial charge in [-0.25, -0.2) is 5.43 Å². The van der Waals surface area contributed by atoms with E-state index in [2.05, 4.69) is 61.5 Å². The summed E-state index contributed by atoms with van der Waals surface area (Å²) in [6, 6.07) is 30.6. The quantitative estimate of drug-likeness (QED) is 0.218. The van der Waals surface area contributed by atoms with E-state index in [0.29, 0.717) is 0 Å². The Morgan fingerprint density at radius 2 is 1.55 bits per heavy atom. The first-order valence-corrected chi connectivity index (χ1v) is 11.6. The number of carbonyl (C=O) groups excluding carboxylic acids is 1. The summed E-state index contributed by atoms with van der Waals surface area (Å²) in [7, 11) is 0. The Hall–Kier alpha value is -3.70. The molecule has 4 aromatic carbocycles. The molecule has 0 radical (unpaired) electrons. The number of fused-ring (bicyclic) bond motifs is 2. The molecule has 0 saturated heterocycles. The van der Waals surface area contributed by atoms with Crippen LogP contribution in [0.4, 0.5) is 0 Å². The van der Waals surface area contributed by atoms with Crippen LogP contribution in [-0.2, 0) is 17.8 Å². The normalized spacial score (nSPS) is 11.4. The molecule has 4 nitrogen and oxygen atoms in total. The lowest BCUT2D eigenvalue weighted by Crippen LogP contribution is -2.19. The number of benzene rings is 4. The third-order valence-electron chi connectivity index (χ3n) is 5.72. The van der Waals surface area contributed by atoms with Crippen molar-refractivity contribution in [2.45, 2.75) is 13.0 Å². The van der Waals surface area contributed by atoms with Gasteiger partial charge in [0.2, 0.25) is 5.91 Å². The van der Waals surface area contributed by atoms with E-state index in [9.17, 15) is 4.79 Å². The fraction of sp³-hybridized carbons (Fsp3) is 0.0714. The Labute approximate surface area is 200 Å². The second-order valence-corrected chi connectivity index (χ2v) is 8.79. The van der Waals surface area contributed by atoms with Crippen molar-refractivity contribution in [3.63, 3.8) is 0 Å². The summed E-state index contributed by atoms with van der Waals surface area (Å²) in [5, 5.41) is 7.52. The summed E-state index contributed by atoms with van der Waals surface area (Å²) in [6.45, 7) is 0.776. The molecule has 0 unspecified atom stereocenters. The molecule has 1 heterocycles. The third kappa shape index (κ3) is 4.59. The van der Waals surface area contributed by atoms with Gasteiger partial charge in [-0.05, 0) is 34.0 Å². The maximum absolute atomic E-state index is 12.6. The monoisotopic (exact) mass is 495 g/mol. The van der Waals surface area contributed by atoms with Gasteiger partial charge in [-0.15, -0.1) is 0 Å². The Morgan fingerprint density at radius 1 is 0.848 bits per heavy atom. The molecule has 5 rings (SSSR count). The number of aromatic nitrogens is 1. The van der Waals surface area contributed by atoms with E-state index in [4.69, 9.17) is 0 Å². The lowest BCUT2D eigenvalue weighted by atomic mass is 10.0. The van der Waals surface area contributed by atoms with Crippen LogP contribution in [0.25, 0.3) is 21.7 Å². The number of hydrogen-bond donors (Lipinski definition) is 1. The smallest absolute Gasteiger partial charge is 0.244 e. The molecular weight excluding hydrogens is 474 g/mol. The lowest BCUT2D eigenvalue weighted by Gasteiger charge is -2.07. The number of halogens is 1. The molecular formula is C28H22BrN3O. The Morgan fingerprint density at radius 3 is 2.36 bits per heavy atom. The number of nitrogens with one attached hydrogen (secondary N) is 1. The number of nitrogens with zero attached hydrogens (tertiary/aromatic N) is 2. The third-order valence-corrected chi connectivity index (χ3v) is 6.41. The highest BCUT2D eigenvalue weighted by atomic mass is 79.9. The summed E-state index contributed by atoms with van der Waals surface area (Å²) in [5.74, 6) is -0.147. The van der Waals surface area contributed by atoms with Gasteiger partial charge in [-0.1, -0.05) is 94.8 Å². The Kier molecular flexibility index (Phi) is 6.05. The first kappa shape index (κ1) is 21.2. The minimum atomic E-state index is -0.147. The van der Waals surface area contributed by atoms with Crippen LogP contribution in [-0.4, -0.2) is 16.7 Å². The number of amides is 1. The molecule has 0 bridgehead atoms. The largest absolute Gasteiger partial charge is 0.342 e. The molecule has 33 heavy (non-hydrogen) atoms. The molecule has 1 N–H and O–H groups in total. The molecule has 0 aliphatic carbocycles. The summed E-state index contributed by atoms with van der Waals surface area (Å²) in [5.41, 5.74) is 7.00. The SMILES string of the molecule is O=C(Cc1ccc(Br)c2ccccc12)N/N=C/c1cn(Cc2ccccc2)c2ccccc12. The van der Waals surface area contributed by atoms with Crippen molar-refractivity contribution < 1.29 is 4.79 Å². The summed E-state index contributed by atoms with van der Waals surface area (Å²) < 4.78 is 3.23. The van der Waals surface area contributed by atoms with Crippen molar-refractivity contribution in [3.8, 4) is 0 Å². The zero-order valence-electron chi connectivity index (χ0n) is 17.9. The zero-order valence-corrected chi connectivity index (χ0v) is 19.5. The van der Waals surface area contributed by atoms with Crippen LogP contribution in [0.15, 0.2) is 107 Å². The predicted molar refractivity (Wildman–Crippen MR) is 139 cm³/mol. The van der Waals surface area contributed by atoms with Crippen molar-refractivity contribution in [1.82, 2.24) is 9.99 Å². The molecule has 5 heteroatoms. The first-order chi connectivity index (χ1) is 16.2. The molecule has 0 spiro atoms. The number of hydrogen-bond acceptors (Lipinski definition) is 2. The van der Waals surface area contributed by atoms with Crippen LogP contribution >= 0.6 is 15.9 Å². The highest BCUT2D eigenvalue weighted by Crippen LogP contribution is 2.27. The van der Waals surface area contributed by atoms with Crippen LogP contribution in [0.5, 0.6) is 0 Å². The molecule has 0 aliphatic heterocycles. The highest BCUT2D eigenvalue weighted by Gasteiger charge is 2.10. The van der Waals surface area contributed by atoms with E-state index in [1.54, 1.807) is 6.21 Å². The fourth-order valence-corrected chi connectivity index (χ4v) is 4.63. The molecule has 0 saturated carbocycles. The van der Waals surface area contributed by atoms with Gasteiger partial charge in [0, 0.05) is 33.7 Å². The lowest BCUT2D eigenvalue weighted by molar-refractivity contribution is -0.120. The van der Waals surface area contributed by atoms with Gasteiger partial charge in [0.05, 0.1) is 12.6 Å². The molecule has 0 atom stereocenters. The minimum absolute atomic E-state index is 0.147. The second-order valence-electron chi connectivity index (χ2n) is 7.94. The molecule has 5 aromatic rings. The van der Waals surface area contributed by atoms with Gasteiger partial charge in [0.15, 0.2) is 0 Å². The van der Waals surface area contributed by atoms with Gasteiger partial charge < -0.3 is 4.57 Å². The number of rotatable bonds is 6. The predicted octanol–water partition coefficient (Wildman–Crippen LogP) is 6.30. The van der Waals surface area contributed by atoms with E-state index in [0.717, 1.165) is 43.8 Å². The average molecular weight is 496 g/mol. The van der Waals surface area contributed by atoms with Gasteiger partial charge in [-0.3, -0.25) is 4.79 Å². The van der Waals surface area contributed by atoms with Crippen LogP contribution in [0.1, 0.15) is 16.7 Å². The molecule has 0 fully saturated rings. The summed E-state index contributed by atoms with van der Waals surface area (Å²) in [4.78, 5) is 12.6. The average Bonchev–Trinajstić information content (AvgIpc) is 3.19. The van der Waals surface area contributed by atoms with Crippen molar-refractivity contribution >= 4 is 49.7 Å². The van der Waals surface area contributed by atoms with Crippen molar-refractivity contribution in [1.29, 1.82) is 0 Å². The summed E-state index contributed by atoms with van der Waals surface area (Å²) >= 11 is 3.58. The van der Waals surface area contributed by atoms with E-state index < -0.39 is 0 Å². The zero-order chi connectivity index (χ0) is 22.6. The van der Waals surface area contributed by atoms with E-state index in [1.807, 2.05) is 66.7 Å². The van der Waals surface area contributed by atoms with Crippen LogP contribution in [0, 0.1) is 0 Å². The van der Waals surface area contributed by atoms with Crippen molar-refractivity contribution in [2.24, 2.45) is 5.10 Å². The highest BCUT2D eigenvalue weighted by molar-refractivity contribution is 9.10. The van der Waals surface area contributed by atoms with Crippen molar-refractivity contribution in [3.05, 3.63) is 118 Å². The Bertz CT molecular complexity index is 1470. The first-order valence-electron chi connectivity index (χ1n) is 10.8. The van der Waals surface area contributed by atoms with Gasteiger partial charge in [0.1, 0.15) is 0 Å². The maximum Gasteiger partial charge on any atom is 0.244 e. The van der Waals surface area contributed by atoms with E-state index in [1.165, 1.54) is 5.56 Å². The number of para-hydroxylation sites is 1. The topological polar surface area (TPSA) is 46.4 Å². The van der Waals surface area contributed by atoms with Gasteiger partial charge >= 0.3 is 0 Å². The van der Waals surface area contributed by atoms with Gasteiger partial charge in [-0.2, -0.15) is 5.10 Å². The van der Waals surface area contributed by atoms with Crippen LogP contribution in [0.3, 0.4) is 0 Å². The molecule has 162 valence electrons. The minimum Gasteiger partial charge on any atom is -0.342 e. The van der Waals surface area contributed by atoms with Crippen molar-refractivity contribution in [2.75, 3.05) is 0 Å². The second kappa shape index (κ2) is 9.43. The standard InChI is InChI=1S/C28H22BrN3O/c29-26-15-14-21(23-10-4-5-12-25(23)26)16-28(33)31-30-17-22-19-32(18-20-8-2-1-3-9-20)27-13-7-6-11-24(22)27/h1-15,17,19H,16,18H2,(H,31,33)/b30-17+. The summed E-state index contributed by atoms with van der Waals surface area (Å²) in [6.07, 6.45) is 4.07. The fourth-order valence-electron chi connectivity index (χ4n) is 4.15. The van der Waals surface area contributed by atoms with Crippen LogP contribution < -0.4 is 5.43 Å². The molecule has 1 aromatic heterocycles. The Balaban J connectivity index is 1.33. The molecule has 1 amide bonds. The van der Waals surface area contributed by atoms with E-state index in [-0.39, 0.29) is 12.3 Å². The number of hydrazone groups is 1. The van der Waals surface area contributed by atoms with Crippen LogP contribution in [0.2, 0.25) is 0 Å².